The minimum absolute atomic E-state index is 0.00838. The van der Waals surface area contributed by atoms with Crippen molar-refractivity contribution in [3.8, 4) is 5.75 Å². The fourth-order valence-electron chi connectivity index (χ4n) is 6.44. The van der Waals surface area contributed by atoms with E-state index < -0.39 is 75.6 Å². The van der Waals surface area contributed by atoms with E-state index in [0.717, 1.165) is 25.7 Å². The van der Waals surface area contributed by atoms with Crippen molar-refractivity contribution >= 4 is 17.5 Å². The number of benzene rings is 1. The first-order valence-corrected chi connectivity index (χ1v) is 13.1. The summed E-state index contributed by atoms with van der Waals surface area (Å²) < 4.78 is 5.94. The van der Waals surface area contributed by atoms with Crippen molar-refractivity contribution in [2.45, 2.75) is 56.3 Å². The van der Waals surface area contributed by atoms with Crippen molar-refractivity contribution in [2.24, 2.45) is 17.6 Å². The normalized spacial score (nSPS) is 30.4. The zero-order chi connectivity index (χ0) is 28.8. The molecule has 39 heavy (non-hydrogen) atoms. The summed E-state index contributed by atoms with van der Waals surface area (Å²) in [5.74, 6) is -9.27. The summed E-state index contributed by atoms with van der Waals surface area (Å²) in [6.45, 7) is 2.50. The minimum Gasteiger partial charge on any atom is -0.510 e. The lowest BCUT2D eigenvalue weighted by Gasteiger charge is -2.53. The van der Waals surface area contributed by atoms with Gasteiger partial charge in [0.15, 0.2) is 11.4 Å². The van der Waals surface area contributed by atoms with E-state index >= 15 is 0 Å². The van der Waals surface area contributed by atoms with Crippen molar-refractivity contribution in [3.63, 3.8) is 0 Å². The zero-order valence-electron chi connectivity index (χ0n) is 22.3. The van der Waals surface area contributed by atoms with E-state index in [0.29, 0.717) is 12.2 Å². The predicted molar refractivity (Wildman–Crippen MR) is 139 cm³/mol. The SMILES string of the molecule is CCCCCCOCC1c2cccc(O)c2C(=O)C2=C(O)C3(O)C(=O)C(C(N)=O)=C(O)C(N(C)C)C3C(O)C21. The molecule has 3 aliphatic carbocycles. The fraction of sp³-hybridized carbons (Fsp3) is 0.536. The van der Waals surface area contributed by atoms with Crippen LogP contribution >= 0.6 is 0 Å². The van der Waals surface area contributed by atoms with E-state index in [-0.39, 0.29) is 17.9 Å². The number of aliphatic hydroxyl groups is 4. The van der Waals surface area contributed by atoms with Crippen LogP contribution in [0.25, 0.3) is 0 Å². The highest BCUT2D eigenvalue weighted by atomic mass is 16.5. The highest BCUT2D eigenvalue weighted by Gasteiger charge is 2.67. The summed E-state index contributed by atoms with van der Waals surface area (Å²) >= 11 is 0. The monoisotopic (exact) mass is 544 g/mol. The Bertz CT molecular complexity index is 1250. The molecule has 0 heterocycles. The highest BCUT2D eigenvalue weighted by Crippen LogP contribution is 2.55. The number of carbonyl (C=O) groups is 3. The van der Waals surface area contributed by atoms with Crippen LogP contribution in [-0.4, -0.2) is 93.0 Å². The Kier molecular flexibility index (Phi) is 7.91. The summed E-state index contributed by atoms with van der Waals surface area (Å²) in [5, 5.41) is 56.6. The van der Waals surface area contributed by atoms with Crippen molar-refractivity contribution < 1.29 is 44.7 Å². The van der Waals surface area contributed by atoms with Crippen molar-refractivity contribution in [1.82, 2.24) is 4.90 Å². The Balaban J connectivity index is 1.90. The lowest BCUT2D eigenvalue weighted by molar-refractivity contribution is -0.163. The molecule has 0 saturated carbocycles. The smallest absolute Gasteiger partial charge is 0.255 e. The molecule has 0 spiro atoms. The van der Waals surface area contributed by atoms with Gasteiger partial charge in [0, 0.05) is 24.0 Å². The molecule has 212 valence electrons. The number of amides is 1. The molecule has 11 heteroatoms. The Morgan fingerprint density at radius 1 is 1.13 bits per heavy atom. The molecule has 4 rings (SSSR count). The van der Waals surface area contributed by atoms with Gasteiger partial charge in [-0.25, -0.2) is 0 Å². The molecule has 0 aliphatic heterocycles. The number of primary amides is 1. The third-order valence-electron chi connectivity index (χ3n) is 8.24. The Labute approximate surface area is 226 Å². The molecule has 0 saturated heterocycles. The van der Waals surface area contributed by atoms with Crippen LogP contribution in [0.4, 0.5) is 0 Å². The number of rotatable bonds is 9. The standard InChI is InChI=1S/C28H36N2O9/c1-4-5-6-7-11-39-12-14-13-9-8-10-15(31)16(13)22(32)18-17(14)23(33)20-21(30(2)3)24(34)19(27(29)37)26(36)28(20,38)25(18)35/h8-10,14,17,20-21,23,31,33-35,38H,4-7,11-12H2,1-3H3,(H2,29,37). The van der Waals surface area contributed by atoms with E-state index in [1.54, 1.807) is 12.1 Å². The van der Waals surface area contributed by atoms with Gasteiger partial charge in [0.25, 0.3) is 5.91 Å². The van der Waals surface area contributed by atoms with Crippen LogP contribution in [0, 0.1) is 11.8 Å². The maximum absolute atomic E-state index is 13.7. The second kappa shape index (κ2) is 10.7. The zero-order valence-corrected chi connectivity index (χ0v) is 22.3. The number of likely N-dealkylation sites (N-methyl/N-ethyl adjacent to an activating group) is 1. The Morgan fingerprint density at radius 2 is 1.82 bits per heavy atom. The second-order valence-electron chi connectivity index (χ2n) is 10.7. The minimum atomic E-state index is -2.94. The number of ketones is 2. The van der Waals surface area contributed by atoms with Crippen LogP contribution in [0.2, 0.25) is 0 Å². The average Bonchev–Trinajstić information content (AvgIpc) is 2.87. The fourth-order valence-corrected chi connectivity index (χ4v) is 6.44. The molecule has 0 bridgehead atoms. The summed E-state index contributed by atoms with van der Waals surface area (Å²) in [6, 6.07) is 3.16. The van der Waals surface area contributed by atoms with Crippen LogP contribution in [-0.2, 0) is 14.3 Å². The number of Topliss-reactive ketones (excluding diaryl/α,β-unsaturated/α-hetero) is 2. The summed E-state index contributed by atoms with van der Waals surface area (Å²) in [6.07, 6.45) is 2.19. The van der Waals surface area contributed by atoms with Crippen LogP contribution in [0.15, 0.2) is 40.9 Å². The van der Waals surface area contributed by atoms with Crippen molar-refractivity contribution in [1.29, 1.82) is 0 Å². The molecule has 7 N–H and O–H groups in total. The largest absolute Gasteiger partial charge is 0.510 e. The molecule has 0 fully saturated rings. The average molecular weight is 545 g/mol. The van der Waals surface area contributed by atoms with Gasteiger partial charge in [-0.1, -0.05) is 38.3 Å². The number of phenols is 1. The van der Waals surface area contributed by atoms with E-state index in [1.807, 2.05) is 0 Å². The lowest BCUT2D eigenvalue weighted by Crippen LogP contribution is -2.68. The van der Waals surface area contributed by atoms with Gasteiger partial charge in [0.1, 0.15) is 22.8 Å². The molecule has 6 unspecified atom stereocenters. The van der Waals surface area contributed by atoms with Crippen molar-refractivity contribution in [3.05, 3.63) is 52.0 Å². The van der Waals surface area contributed by atoms with Gasteiger partial charge < -0.3 is 36.0 Å². The number of aromatic hydroxyl groups is 1. The van der Waals surface area contributed by atoms with E-state index in [1.165, 1.54) is 25.1 Å². The van der Waals surface area contributed by atoms with Crippen LogP contribution in [0.3, 0.4) is 0 Å². The van der Waals surface area contributed by atoms with Crippen LogP contribution < -0.4 is 5.73 Å². The Hall–Kier alpha value is -3.25. The van der Waals surface area contributed by atoms with Gasteiger partial charge in [-0.15, -0.1) is 0 Å². The van der Waals surface area contributed by atoms with Crippen LogP contribution in [0.5, 0.6) is 5.75 Å². The number of hydrogen-bond acceptors (Lipinski definition) is 10. The van der Waals surface area contributed by atoms with Gasteiger partial charge in [-0.3, -0.25) is 19.3 Å². The number of nitrogens with two attached hydrogens (primary N) is 1. The van der Waals surface area contributed by atoms with Gasteiger partial charge in [-0.2, -0.15) is 0 Å². The molecule has 0 aromatic heterocycles. The number of ether oxygens (including phenoxy) is 1. The number of unbranched alkanes of at least 4 members (excludes halogenated alkanes) is 3. The number of phenolic OH excluding ortho intramolecular Hbond substituents is 1. The number of hydrogen-bond donors (Lipinski definition) is 6. The molecule has 1 aromatic carbocycles. The molecule has 1 amide bonds. The number of fused-ring (bicyclic) bond motifs is 3. The van der Waals surface area contributed by atoms with Crippen LogP contribution in [0.1, 0.15) is 54.4 Å². The molecule has 11 nitrogen and oxygen atoms in total. The number of carbonyl (C=O) groups excluding carboxylic acids is 3. The first-order chi connectivity index (χ1) is 18.4. The first-order valence-electron chi connectivity index (χ1n) is 13.1. The molecular weight excluding hydrogens is 508 g/mol. The molecule has 0 radical (unpaired) electrons. The Morgan fingerprint density at radius 3 is 2.44 bits per heavy atom. The quantitative estimate of drug-likeness (QED) is 0.195. The molecule has 3 aliphatic rings. The third-order valence-corrected chi connectivity index (χ3v) is 8.24. The summed E-state index contributed by atoms with van der Waals surface area (Å²) in [7, 11) is 2.99. The topological polar surface area (TPSA) is 191 Å². The lowest BCUT2D eigenvalue weighted by atomic mass is 9.55. The third kappa shape index (κ3) is 4.33. The number of aliphatic hydroxyl groups excluding tert-OH is 3. The highest BCUT2D eigenvalue weighted by molar-refractivity contribution is 6.25. The van der Waals surface area contributed by atoms with Gasteiger partial charge >= 0.3 is 0 Å². The van der Waals surface area contributed by atoms with E-state index in [2.05, 4.69) is 6.92 Å². The maximum Gasteiger partial charge on any atom is 0.255 e. The molecule has 1 aromatic rings. The van der Waals surface area contributed by atoms with Gasteiger partial charge in [0.2, 0.25) is 5.78 Å². The summed E-state index contributed by atoms with van der Waals surface area (Å²) in [5.41, 5.74) is 1.28. The first kappa shape index (κ1) is 28.8. The maximum atomic E-state index is 13.7. The number of nitrogens with zero attached hydrogens (tertiary/aromatic N) is 1. The van der Waals surface area contributed by atoms with E-state index in [9.17, 15) is 39.9 Å². The van der Waals surface area contributed by atoms with E-state index in [4.69, 9.17) is 10.5 Å². The van der Waals surface area contributed by atoms with Gasteiger partial charge in [0.05, 0.1) is 30.2 Å². The molecular formula is C28H36N2O9. The van der Waals surface area contributed by atoms with Gasteiger partial charge in [-0.05, 0) is 32.1 Å². The summed E-state index contributed by atoms with van der Waals surface area (Å²) in [4.78, 5) is 40.7. The second-order valence-corrected chi connectivity index (χ2v) is 10.7. The predicted octanol–water partition coefficient (Wildman–Crippen LogP) is 1.23. The molecule has 6 atom stereocenters. The van der Waals surface area contributed by atoms with Crippen molar-refractivity contribution in [2.75, 3.05) is 27.3 Å².